The van der Waals surface area contributed by atoms with Gasteiger partial charge < -0.3 is 14.8 Å². The van der Waals surface area contributed by atoms with Crippen LogP contribution in [0.1, 0.15) is 34.0 Å². The van der Waals surface area contributed by atoms with E-state index in [9.17, 15) is 14.4 Å². The van der Waals surface area contributed by atoms with Gasteiger partial charge in [0, 0.05) is 42.3 Å². The van der Waals surface area contributed by atoms with Gasteiger partial charge in [0.25, 0.3) is 17.4 Å². The number of benzene rings is 2. The summed E-state index contributed by atoms with van der Waals surface area (Å²) in [7, 11) is 0. The number of halogens is 2. The molecule has 3 heterocycles. The number of carbonyl (C=O) groups excluding carboxylic acids is 2. The van der Waals surface area contributed by atoms with Crippen molar-refractivity contribution in [3.63, 3.8) is 0 Å². The molecule has 1 saturated heterocycles. The number of fused-ring (bicyclic) bond motifs is 4. The van der Waals surface area contributed by atoms with E-state index in [4.69, 9.17) is 23.2 Å². The SMILES string of the molecule is O=C(N/C(=C\c1ccc(Cl)cc1)C(=O)N1CC2CC(C1)c1cccc(=O)n1C2)c1ccccc1Cl. The Bertz CT molecular complexity index is 1380. The van der Waals surface area contributed by atoms with Crippen molar-refractivity contribution in [3.05, 3.63) is 110 Å². The summed E-state index contributed by atoms with van der Waals surface area (Å²) in [6.45, 7) is 1.56. The Hall–Kier alpha value is -3.35. The molecule has 0 radical (unpaired) electrons. The minimum atomic E-state index is -0.460. The van der Waals surface area contributed by atoms with Crippen molar-refractivity contribution in [2.24, 2.45) is 5.92 Å². The Morgan fingerprint density at radius 1 is 0.914 bits per heavy atom. The summed E-state index contributed by atoms with van der Waals surface area (Å²) >= 11 is 12.2. The molecule has 5 rings (SSSR count). The number of hydrogen-bond donors (Lipinski definition) is 1. The van der Waals surface area contributed by atoms with Crippen molar-refractivity contribution in [1.29, 1.82) is 0 Å². The van der Waals surface area contributed by atoms with Crippen LogP contribution in [0.15, 0.2) is 77.2 Å². The summed E-state index contributed by atoms with van der Waals surface area (Å²) in [4.78, 5) is 40.9. The average molecular weight is 508 g/mol. The Morgan fingerprint density at radius 2 is 1.69 bits per heavy atom. The summed E-state index contributed by atoms with van der Waals surface area (Å²) in [6.07, 6.45) is 2.58. The Morgan fingerprint density at radius 3 is 2.46 bits per heavy atom. The average Bonchev–Trinajstić information content (AvgIpc) is 2.85. The van der Waals surface area contributed by atoms with Crippen molar-refractivity contribution in [2.75, 3.05) is 13.1 Å². The number of nitrogens with one attached hydrogen (secondary N) is 1. The van der Waals surface area contributed by atoms with Crippen LogP contribution in [0, 0.1) is 5.92 Å². The molecule has 2 unspecified atom stereocenters. The Balaban J connectivity index is 1.45. The van der Waals surface area contributed by atoms with E-state index >= 15 is 0 Å². The predicted molar refractivity (Wildman–Crippen MR) is 136 cm³/mol. The second kappa shape index (κ2) is 9.72. The van der Waals surface area contributed by atoms with Gasteiger partial charge in [0.1, 0.15) is 5.70 Å². The van der Waals surface area contributed by atoms with E-state index < -0.39 is 5.91 Å². The molecule has 35 heavy (non-hydrogen) atoms. The highest BCUT2D eigenvalue weighted by atomic mass is 35.5. The van der Waals surface area contributed by atoms with E-state index in [-0.39, 0.29) is 34.6 Å². The molecule has 1 N–H and O–H groups in total. The second-order valence-electron chi connectivity index (χ2n) is 8.95. The van der Waals surface area contributed by atoms with Crippen LogP contribution >= 0.6 is 23.2 Å². The van der Waals surface area contributed by atoms with Crippen molar-refractivity contribution < 1.29 is 9.59 Å². The van der Waals surface area contributed by atoms with Crippen molar-refractivity contribution in [1.82, 2.24) is 14.8 Å². The molecule has 0 saturated carbocycles. The second-order valence-corrected chi connectivity index (χ2v) is 9.80. The summed E-state index contributed by atoms with van der Waals surface area (Å²) < 4.78 is 1.82. The number of aromatic nitrogens is 1. The Kier molecular flexibility index (Phi) is 6.50. The molecule has 1 aromatic heterocycles. The number of carbonyl (C=O) groups is 2. The number of amides is 2. The first-order valence-electron chi connectivity index (χ1n) is 11.4. The lowest BCUT2D eigenvalue weighted by Gasteiger charge is -2.43. The van der Waals surface area contributed by atoms with Gasteiger partial charge in [-0.15, -0.1) is 0 Å². The molecule has 2 aliphatic heterocycles. The molecule has 0 aliphatic carbocycles. The summed E-state index contributed by atoms with van der Waals surface area (Å²) in [6, 6.07) is 19.0. The molecular weight excluding hydrogens is 485 g/mol. The maximum Gasteiger partial charge on any atom is 0.270 e. The van der Waals surface area contributed by atoms with Gasteiger partial charge in [-0.2, -0.15) is 0 Å². The monoisotopic (exact) mass is 507 g/mol. The highest BCUT2D eigenvalue weighted by molar-refractivity contribution is 6.34. The van der Waals surface area contributed by atoms with Gasteiger partial charge >= 0.3 is 0 Å². The van der Waals surface area contributed by atoms with Crippen molar-refractivity contribution in [3.8, 4) is 0 Å². The minimum Gasteiger partial charge on any atom is -0.336 e. The maximum atomic E-state index is 13.7. The standard InChI is InChI=1S/C27H23Cl2N3O3/c28-20-10-8-17(9-11-20)13-23(30-26(34)21-4-1-2-5-22(21)29)27(35)31-14-18-12-19(16-31)24-6-3-7-25(33)32(24)15-18/h1-11,13,18-19H,12,14-16H2,(H,30,34)/b23-13-. The molecule has 6 nitrogen and oxygen atoms in total. The summed E-state index contributed by atoms with van der Waals surface area (Å²) in [5.74, 6) is -0.502. The van der Waals surface area contributed by atoms with Crippen molar-refractivity contribution >= 4 is 41.1 Å². The largest absolute Gasteiger partial charge is 0.336 e. The highest BCUT2D eigenvalue weighted by Gasteiger charge is 2.37. The highest BCUT2D eigenvalue weighted by Crippen LogP contribution is 2.35. The van der Waals surface area contributed by atoms with Crippen LogP contribution in [0.2, 0.25) is 10.0 Å². The lowest BCUT2D eigenvalue weighted by molar-refractivity contribution is -0.130. The molecule has 0 spiro atoms. The zero-order chi connectivity index (χ0) is 24.5. The summed E-state index contributed by atoms with van der Waals surface area (Å²) in [5.41, 5.74) is 2.11. The number of hydrogen-bond acceptors (Lipinski definition) is 3. The Labute approximate surface area is 212 Å². The molecular formula is C27H23Cl2N3O3. The molecule has 2 aromatic carbocycles. The third-order valence-corrected chi connectivity index (χ3v) is 7.13. The van der Waals surface area contributed by atoms with E-state index in [0.717, 1.165) is 17.7 Å². The number of nitrogens with zero attached hydrogens (tertiary/aromatic N) is 2. The minimum absolute atomic E-state index is 0.00713. The van der Waals surface area contributed by atoms with Gasteiger partial charge in [-0.25, -0.2) is 0 Å². The third-order valence-electron chi connectivity index (χ3n) is 6.55. The first-order chi connectivity index (χ1) is 16.9. The van der Waals surface area contributed by atoms with Crippen LogP contribution in [0.4, 0.5) is 0 Å². The van der Waals surface area contributed by atoms with Gasteiger partial charge in [0.05, 0.1) is 10.6 Å². The normalized spacial score (nSPS) is 19.1. The smallest absolute Gasteiger partial charge is 0.270 e. The van der Waals surface area contributed by atoms with E-state index in [1.165, 1.54) is 0 Å². The lowest BCUT2D eigenvalue weighted by Crippen LogP contribution is -2.50. The topological polar surface area (TPSA) is 71.4 Å². The third kappa shape index (κ3) is 4.90. The molecule has 2 atom stereocenters. The fourth-order valence-electron chi connectivity index (χ4n) is 4.94. The number of pyridine rings is 1. The fourth-order valence-corrected chi connectivity index (χ4v) is 5.29. The first-order valence-corrected chi connectivity index (χ1v) is 12.2. The molecule has 3 aromatic rings. The molecule has 8 heteroatoms. The van der Waals surface area contributed by atoms with Gasteiger partial charge in [0.15, 0.2) is 0 Å². The van der Waals surface area contributed by atoms with Gasteiger partial charge in [-0.1, -0.05) is 53.5 Å². The van der Waals surface area contributed by atoms with Crippen molar-refractivity contribution in [2.45, 2.75) is 18.9 Å². The molecule has 2 bridgehead atoms. The quantitative estimate of drug-likeness (QED) is 0.525. The molecule has 178 valence electrons. The van der Waals surface area contributed by atoms with E-state index in [2.05, 4.69) is 5.32 Å². The molecule has 2 amide bonds. The number of likely N-dealkylation sites (tertiary alicyclic amines) is 1. The van der Waals surface area contributed by atoms with E-state index in [1.54, 1.807) is 71.6 Å². The van der Waals surface area contributed by atoms with Crippen LogP contribution < -0.4 is 10.9 Å². The fraction of sp³-hybridized carbons (Fsp3) is 0.222. The molecule has 2 aliphatic rings. The zero-order valence-electron chi connectivity index (χ0n) is 18.8. The van der Waals surface area contributed by atoms with Crippen LogP contribution in [-0.4, -0.2) is 34.4 Å². The van der Waals surface area contributed by atoms with E-state index in [0.29, 0.717) is 29.7 Å². The van der Waals surface area contributed by atoms with Gasteiger partial charge in [-0.05, 0) is 54.3 Å². The molecule has 1 fully saturated rings. The number of rotatable bonds is 4. The van der Waals surface area contributed by atoms with Gasteiger partial charge in [0.2, 0.25) is 0 Å². The van der Waals surface area contributed by atoms with Crippen LogP contribution in [0.25, 0.3) is 6.08 Å². The summed E-state index contributed by atoms with van der Waals surface area (Å²) in [5, 5.41) is 3.67. The van der Waals surface area contributed by atoms with Gasteiger partial charge in [-0.3, -0.25) is 14.4 Å². The van der Waals surface area contributed by atoms with Crippen LogP contribution in [0.5, 0.6) is 0 Å². The zero-order valence-corrected chi connectivity index (χ0v) is 20.3. The predicted octanol–water partition coefficient (Wildman–Crippen LogP) is 4.57. The lowest BCUT2D eigenvalue weighted by atomic mass is 9.83. The first kappa shape index (κ1) is 23.4. The maximum absolute atomic E-state index is 13.7. The van der Waals surface area contributed by atoms with Crippen LogP contribution in [0.3, 0.4) is 0 Å². The van der Waals surface area contributed by atoms with E-state index in [1.807, 2.05) is 10.6 Å². The number of piperidine rings is 1. The van der Waals surface area contributed by atoms with Crippen LogP contribution in [-0.2, 0) is 11.3 Å².